The number of hydrogen-bond acceptors (Lipinski definition) is 6. The van der Waals surface area contributed by atoms with Gasteiger partial charge in [0.05, 0.1) is 5.75 Å². The van der Waals surface area contributed by atoms with E-state index in [0.717, 1.165) is 18.7 Å². The summed E-state index contributed by atoms with van der Waals surface area (Å²) in [7, 11) is 0. The van der Waals surface area contributed by atoms with E-state index in [-0.39, 0.29) is 29.0 Å². The SMILES string of the molecule is CCCCCCNC(=O)CSc1nc(Cl)cc(N2CCN(C(=O)c3ccc(C(C)(C)C)cc3)C(C)C2)n1. The molecule has 0 spiro atoms. The van der Waals surface area contributed by atoms with Crippen LogP contribution < -0.4 is 10.2 Å². The van der Waals surface area contributed by atoms with E-state index in [1.54, 1.807) is 6.07 Å². The van der Waals surface area contributed by atoms with Crippen molar-refractivity contribution in [1.82, 2.24) is 20.2 Å². The van der Waals surface area contributed by atoms with Crippen LogP contribution in [0.25, 0.3) is 0 Å². The number of piperazine rings is 1. The van der Waals surface area contributed by atoms with E-state index in [0.29, 0.717) is 42.1 Å². The number of rotatable bonds is 10. The molecule has 202 valence electrons. The lowest BCUT2D eigenvalue weighted by Crippen LogP contribution is -2.54. The fourth-order valence-corrected chi connectivity index (χ4v) is 5.23. The molecule has 2 amide bonds. The van der Waals surface area contributed by atoms with Crippen molar-refractivity contribution >= 4 is 41.0 Å². The van der Waals surface area contributed by atoms with Crippen LogP contribution in [-0.2, 0) is 10.2 Å². The Bertz CT molecular complexity index is 1060. The van der Waals surface area contributed by atoms with Crippen LogP contribution in [0.15, 0.2) is 35.5 Å². The summed E-state index contributed by atoms with van der Waals surface area (Å²) in [6.45, 7) is 13.3. The molecule has 2 aromatic rings. The van der Waals surface area contributed by atoms with E-state index in [4.69, 9.17) is 11.6 Å². The molecule has 1 unspecified atom stereocenters. The minimum Gasteiger partial charge on any atom is -0.355 e. The molecule has 1 fully saturated rings. The molecule has 1 aromatic heterocycles. The highest BCUT2D eigenvalue weighted by Crippen LogP contribution is 2.26. The lowest BCUT2D eigenvalue weighted by molar-refractivity contribution is -0.118. The van der Waals surface area contributed by atoms with E-state index in [9.17, 15) is 9.59 Å². The van der Waals surface area contributed by atoms with Crippen molar-refractivity contribution in [3.63, 3.8) is 0 Å². The highest BCUT2D eigenvalue weighted by Gasteiger charge is 2.29. The molecule has 1 aliphatic rings. The standard InChI is InChI=1S/C28H40ClN5O2S/c1-6-7-8-9-14-30-25(35)19-37-27-31-23(29)17-24(32-27)33-15-16-34(20(2)18-33)26(36)21-10-12-22(13-11-21)28(3,4)5/h10-13,17,20H,6-9,14-16,18-19H2,1-5H3,(H,30,35). The minimum atomic E-state index is -0.0251. The van der Waals surface area contributed by atoms with Crippen LogP contribution >= 0.6 is 23.4 Å². The van der Waals surface area contributed by atoms with Gasteiger partial charge in [-0.3, -0.25) is 9.59 Å². The van der Waals surface area contributed by atoms with Gasteiger partial charge in [-0.15, -0.1) is 0 Å². The van der Waals surface area contributed by atoms with Crippen LogP contribution in [0, 0.1) is 0 Å². The molecule has 0 aliphatic carbocycles. The summed E-state index contributed by atoms with van der Waals surface area (Å²) >= 11 is 7.59. The summed E-state index contributed by atoms with van der Waals surface area (Å²) in [5, 5.41) is 3.78. The first kappa shape index (κ1) is 29.2. The third-order valence-corrected chi connectivity index (χ3v) is 7.60. The Kier molecular flexibility index (Phi) is 10.6. The highest BCUT2D eigenvalue weighted by atomic mass is 35.5. The maximum absolute atomic E-state index is 13.2. The number of halogens is 1. The molecule has 0 bridgehead atoms. The molecule has 1 aliphatic heterocycles. The molecule has 1 aromatic carbocycles. The van der Waals surface area contributed by atoms with Crippen molar-refractivity contribution in [2.75, 3.05) is 36.8 Å². The lowest BCUT2D eigenvalue weighted by Gasteiger charge is -2.40. The Balaban J connectivity index is 1.56. The number of anilines is 1. The predicted molar refractivity (Wildman–Crippen MR) is 153 cm³/mol. The number of carbonyl (C=O) groups excluding carboxylic acids is 2. The van der Waals surface area contributed by atoms with Gasteiger partial charge in [-0.05, 0) is 36.5 Å². The van der Waals surface area contributed by atoms with Crippen molar-refractivity contribution < 1.29 is 9.59 Å². The second-order valence-electron chi connectivity index (χ2n) is 10.7. The van der Waals surface area contributed by atoms with E-state index in [1.807, 2.05) is 29.2 Å². The molecular weight excluding hydrogens is 506 g/mol. The molecule has 1 atom stereocenters. The van der Waals surface area contributed by atoms with Gasteiger partial charge < -0.3 is 15.1 Å². The summed E-state index contributed by atoms with van der Waals surface area (Å²) in [5.41, 5.74) is 1.97. The Hall–Kier alpha value is -2.32. The van der Waals surface area contributed by atoms with Gasteiger partial charge in [0.1, 0.15) is 11.0 Å². The molecule has 0 radical (unpaired) electrons. The van der Waals surface area contributed by atoms with Crippen molar-refractivity contribution in [1.29, 1.82) is 0 Å². The summed E-state index contributed by atoms with van der Waals surface area (Å²) < 4.78 is 0. The van der Waals surface area contributed by atoms with Crippen LogP contribution in [0.1, 0.15) is 76.2 Å². The molecule has 0 saturated carbocycles. The smallest absolute Gasteiger partial charge is 0.254 e. The number of benzene rings is 1. The normalized spacial score (nSPS) is 16.1. The molecule has 1 saturated heterocycles. The van der Waals surface area contributed by atoms with E-state index in [1.165, 1.54) is 30.2 Å². The molecule has 37 heavy (non-hydrogen) atoms. The van der Waals surface area contributed by atoms with Gasteiger partial charge in [0, 0.05) is 43.9 Å². The average molecular weight is 546 g/mol. The Morgan fingerprint density at radius 2 is 1.84 bits per heavy atom. The fourth-order valence-electron chi connectivity index (χ4n) is 4.32. The van der Waals surface area contributed by atoms with Crippen LogP contribution in [0.2, 0.25) is 5.15 Å². The number of thioether (sulfide) groups is 1. The number of unbranched alkanes of at least 4 members (excludes halogenated alkanes) is 3. The Morgan fingerprint density at radius 3 is 2.49 bits per heavy atom. The van der Waals surface area contributed by atoms with E-state index >= 15 is 0 Å². The second kappa shape index (κ2) is 13.5. The number of nitrogens with one attached hydrogen (secondary N) is 1. The number of nitrogens with zero attached hydrogens (tertiary/aromatic N) is 4. The first-order valence-electron chi connectivity index (χ1n) is 13.2. The molecule has 3 rings (SSSR count). The topological polar surface area (TPSA) is 78.4 Å². The van der Waals surface area contributed by atoms with Gasteiger partial charge in [0.15, 0.2) is 5.16 Å². The van der Waals surface area contributed by atoms with Gasteiger partial charge >= 0.3 is 0 Å². The van der Waals surface area contributed by atoms with Gasteiger partial charge in [-0.25, -0.2) is 9.97 Å². The van der Waals surface area contributed by atoms with Crippen molar-refractivity contribution in [3.05, 3.63) is 46.6 Å². The quantitative estimate of drug-likeness (QED) is 0.182. The van der Waals surface area contributed by atoms with Crippen LogP contribution in [0.3, 0.4) is 0 Å². The monoisotopic (exact) mass is 545 g/mol. The molecule has 9 heteroatoms. The highest BCUT2D eigenvalue weighted by molar-refractivity contribution is 7.99. The third kappa shape index (κ3) is 8.60. The molecule has 7 nitrogen and oxygen atoms in total. The maximum atomic E-state index is 13.2. The summed E-state index contributed by atoms with van der Waals surface area (Å²) in [5.74, 6) is 0.990. The third-order valence-electron chi connectivity index (χ3n) is 6.56. The number of amides is 2. The van der Waals surface area contributed by atoms with Gasteiger partial charge in [-0.1, -0.05) is 82.5 Å². The number of aromatic nitrogens is 2. The van der Waals surface area contributed by atoms with Crippen molar-refractivity contribution in [2.24, 2.45) is 0 Å². The zero-order valence-corrected chi connectivity index (χ0v) is 24.3. The minimum absolute atomic E-state index is 0.00636. The second-order valence-corrected chi connectivity index (χ2v) is 12.0. The zero-order chi connectivity index (χ0) is 27.0. The van der Waals surface area contributed by atoms with Gasteiger partial charge in [-0.2, -0.15) is 0 Å². The summed E-state index contributed by atoms with van der Waals surface area (Å²) in [6.07, 6.45) is 4.49. The first-order valence-corrected chi connectivity index (χ1v) is 14.6. The largest absolute Gasteiger partial charge is 0.355 e. The summed E-state index contributed by atoms with van der Waals surface area (Å²) in [4.78, 5) is 38.4. The Labute approximate surface area is 230 Å². The number of carbonyl (C=O) groups is 2. The lowest BCUT2D eigenvalue weighted by atomic mass is 9.86. The van der Waals surface area contributed by atoms with Crippen LogP contribution in [-0.4, -0.2) is 64.7 Å². The van der Waals surface area contributed by atoms with Crippen molar-refractivity contribution in [3.8, 4) is 0 Å². The van der Waals surface area contributed by atoms with Crippen molar-refractivity contribution in [2.45, 2.75) is 76.9 Å². The predicted octanol–water partition coefficient (Wildman–Crippen LogP) is 5.57. The van der Waals surface area contributed by atoms with Crippen LogP contribution in [0.4, 0.5) is 5.82 Å². The zero-order valence-electron chi connectivity index (χ0n) is 22.7. The molecular formula is C28H40ClN5O2S. The number of hydrogen-bond donors (Lipinski definition) is 1. The van der Waals surface area contributed by atoms with Crippen LogP contribution in [0.5, 0.6) is 0 Å². The maximum Gasteiger partial charge on any atom is 0.254 e. The van der Waals surface area contributed by atoms with E-state index in [2.05, 4.69) is 54.8 Å². The molecule has 2 heterocycles. The van der Waals surface area contributed by atoms with E-state index < -0.39 is 0 Å². The fraction of sp³-hybridized carbons (Fsp3) is 0.571. The van der Waals surface area contributed by atoms with Gasteiger partial charge in [0.2, 0.25) is 5.91 Å². The van der Waals surface area contributed by atoms with Gasteiger partial charge in [0.25, 0.3) is 5.91 Å². The average Bonchev–Trinajstić information content (AvgIpc) is 2.86. The summed E-state index contributed by atoms with van der Waals surface area (Å²) in [6, 6.07) is 9.70. The molecule has 1 N–H and O–H groups in total. The first-order chi connectivity index (χ1) is 17.6. The Morgan fingerprint density at radius 1 is 1.11 bits per heavy atom.